The average Bonchev–Trinajstić information content (AvgIpc) is 3.17. The zero-order valence-electron chi connectivity index (χ0n) is 16.2. The van der Waals surface area contributed by atoms with Gasteiger partial charge in [-0.1, -0.05) is 18.2 Å². The number of methoxy groups -OCH3 is 1. The number of rotatable bonds is 6. The van der Waals surface area contributed by atoms with Crippen LogP contribution in [0.15, 0.2) is 75.6 Å². The van der Waals surface area contributed by atoms with Crippen LogP contribution < -0.4 is 10.1 Å². The van der Waals surface area contributed by atoms with Gasteiger partial charge in [0.25, 0.3) is 5.91 Å². The monoisotopic (exact) mass is 408 g/mol. The van der Waals surface area contributed by atoms with E-state index < -0.39 is 5.91 Å². The van der Waals surface area contributed by atoms with Crippen LogP contribution in [0.4, 0.5) is 10.8 Å². The van der Waals surface area contributed by atoms with Crippen molar-refractivity contribution >= 4 is 28.1 Å². The molecule has 29 heavy (non-hydrogen) atoms. The van der Waals surface area contributed by atoms with Gasteiger partial charge in [0.2, 0.25) is 0 Å². The lowest BCUT2D eigenvalue weighted by Crippen LogP contribution is -2.14. The van der Waals surface area contributed by atoms with Crippen molar-refractivity contribution in [1.82, 2.24) is 4.98 Å². The molecule has 0 saturated heterocycles. The van der Waals surface area contributed by atoms with Crippen molar-refractivity contribution < 1.29 is 14.6 Å². The van der Waals surface area contributed by atoms with Crippen LogP contribution in [0.25, 0.3) is 11.3 Å². The van der Waals surface area contributed by atoms with Crippen LogP contribution >= 0.6 is 11.3 Å². The van der Waals surface area contributed by atoms with E-state index in [0.29, 0.717) is 10.8 Å². The topological polar surface area (TPSA) is 96.2 Å². The van der Waals surface area contributed by atoms with E-state index >= 15 is 0 Å². The van der Waals surface area contributed by atoms with Gasteiger partial charge in [0.1, 0.15) is 11.5 Å². The molecule has 0 unspecified atom stereocenters. The number of aliphatic hydroxyl groups is 1. The molecule has 7 nitrogen and oxygen atoms in total. The highest BCUT2D eigenvalue weighted by atomic mass is 32.1. The van der Waals surface area contributed by atoms with Crippen molar-refractivity contribution in [3.8, 4) is 17.0 Å². The molecule has 2 N–H and O–H groups in total. The van der Waals surface area contributed by atoms with E-state index in [0.717, 1.165) is 22.6 Å². The summed E-state index contributed by atoms with van der Waals surface area (Å²) in [5.74, 6) is -0.0607. The van der Waals surface area contributed by atoms with Gasteiger partial charge in [-0.25, -0.2) is 4.98 Å². The maximum Gasteiger partial charge on any atom is 0.281 e. The third-order valence-electron chi connectivity index (χ3n) is 4.04. The van der Waals surface area contributed by atoms with Crippen molar-refractivity contribution in [2.45, 2.75) is 13.8 Å². The smallest absolute Gasteiger partial charge is 0.281 e. The van der Waals surface area contributed by atoms with Gasteiger partial charge in [-0.2, -0.15) is 0 Å². The number of aliphatic hydroxyl groups excluding tert-OH is 1. The molecule has 0 aliphatic rings. The number of benzene rings is 2. The number of amides is 1. The number of hydrogen-bond acceptors (Lipinski definition) is 7. The molecule has 0 aliphatic carbocycles. The summed E-state index contributed by atoms with van der Waals surface area (Å²) in [7, 11) is 1.61. The van der Waals surface area contributed by atoms with Gasteiger partial charge < -0.3 is 9.84 Å². The number of aromatic nitrogens is 1. The SMILES string of the molecule is COc1ccc(-c2csc(NC(=O)/C(N=Nc3ccccc3C)=C(/C)O)n2)cc1. The minimum absolute atomic E-state index is 0.172. The van der Waals surface area contributed by atoms with Crippen molar-refractivity contribution in [3.05, 3.63) is 70.9 Å². The number of azo groups is 1. The van der Waals surface area contributed by atoms with Crippen LogP contribution in [0.1, 0.15) is 12.5 Å². The summed E-state index contributed by atoms with van der Waals surface area (Å²) < 4.78 is 5.15. The fourth-order valence-corrected chi connectivity index (χ4v) is 3.16. The van der Waals surface area contributed by atoms with E-state index in [9.17, 15) is 9.90 Å². The minimum Gasteiger partial charge on any atom is -0.510 e. The molecular formula is C21H20N4O3S. The standard InChI is InChI=1S/C21H20N4O3S/c1-13-6-4-5-7-17(13)24-25-19(14(2)26)20(27)23-21-22-18(12-29-21)15-8-10-16(28-3)11-9-15/h4-12,26H,1-3H3,(H,22,23,27)/b19-14+,25-24?. The highest BCUT2D eigenvalue weighted by Gasteiger charge is 2.16. The molecule has 1 heterocycles. The predicted octanol–water partition coefficient (Wildman–Crippen LogP) is 5.64. The molecule has 0 atom stereocenters. The zero-order chi connectivity index (χ0) is 20.8. The number of nitrogens with one attached hydrogen (secondary N) is 1. The second kappa shape index (κ2) is 9.11. The number of hydrogen-bond donors (Lipinski definition) is 2. The van der Waals surface area contributed by atoms with Gasteiger partial charge in [-0.3, -0.25) is 10.1 Å². The maximum absolute atomic E-state index is 12.6. The van der Waals surface area contributed by atoms with Crippen LogP contribution in [0.5, 0.6) is 5.75 Å². The molecule has 0 bridgehead atoms. The molecule has 2 aromatic carbocycles. The van der Waals surface area contributed by atoms with Gasteiger partial charge >= 0.3 is 0 Å². The van der Waals surface area contributed by atoms with Gasteiger partial charge in [0, 0.05) is 10.9 Å². The number of carbonyl (C=O) groups is 1. The van der Waals surface area contributed by atoms with E-state index in [1.165, 1.54) is 18.3 Å². The van der Waals surface area contributed by atoms with Crippen molar-refractivity contribution in [2.75, 3.05) is 12.4 Å². The zero-order valence-corrected chi connectivity index (χ0v) is 17.0. The Morgan fingerprint density at radius 2 is 1.90 bits per heavy atom. The average molecular weight is 408 g/mol. The number of anilines is 1. The van der Waals surface area contributed by atoms with Crippen LogP contribution in [0, 0.1) is 6.92 Å². The molecule has 1 aromatic heterocycles. The number of allylic oxidation sites excluding steroid dienone is 1. The van der Waals surface area contributed by atoms with E-state index in [-0.39, 0.29) is 11.5 Å². The fourth-order valence-electron chi connectivity index (χ4n) is 2.44. The number of ether oxygens (including phenoxy) is 1. The first-order chi connectivity index (χ1) is 14.0. The highest BCUT2D eigenvalue weighted by Crippen LogP contribution is 2.27. The van der Waals surface area contributed by atoms with Gasteiger partial charge in [-0.05, 0) is 49.7 Å². The Bertz CT molecular complexity index is 1070. The Hall–Kier alpha value is -3.52. The van der Waals surface area contributed by atoms with Gasteiger partial charge in [0.05, 0.1) is 18.5 Å². The summed E-state index contributed by atoms with van der Waals surface area (Å²) in [4.78, 5) is 17.0. The Morgan fingerprint density at radius 3 is 2.55 bits per heavy atom. The Kier molecular flexibility index (Phi) is 6.36. The molecule has 8 heteroatoms. The van der Waals surface area contributed by atoms with Crippen LogP contribution in [-0.2, 0) is 4.79 Å². The van der Waals surface area contributed by atoms with E-state index in [1.807, 2.05) is 54.8 Å². The summed E-state index contributed by atoms with van der Waals surface area (Å²) in [5.41, 5.74) is 2.98. The number of aryl methyl sites for hydroxylation is 1. The quantitative estimate of drug-likeness (QED) is 0.313. The highest BCUT2D eigenvalue weighted by molar-refractivity contribution is 7.14. The Labute approximate surface area is 172 Å². The van der Waals surface area contributed by atoms with E-state index in [1.54, 1.807) is 13.2 Å². The molecule has 0 fully saturated rings. The summed E-state index contributed by atoms with van der Waals surface area (Å²) in [6.07, 6.45) is 0. The first-order valence-corrected chi connectivity index (χ1v) is 9.64. The summed E-state index contributed by atoms with van der Waals surface area (Å²) >= 11 is 1.28. The molecule has 0 radical (unpaired) electrons. The van der Waals surface area contributed by atoms with Gasteiger partial charge in [0.15, 0.2) is 10.8 Å². The second-order valence-corrected chi connectivity index (χ2v) is 7.00. The van der Waals surface area contributed by atoms with E-state index in [4.69, 9.17) is 4.74 Å². The van der Waals surface area contributed by atoms with E-state index in [2.05, 4.69) is 20.5 Å². The molecule has 0 aliphatic heterocycles. The molecular weight excluding hydrogens is 388 g/mol. The minimum atomic E-state index is -0.585. The number of nitrogens with zero attached hydrogens (tertiary/aromatic N) is 3. The third kappa shape index (κ3) is 5.05. The molecule has 0 saturated carbocycles. The molecule has 3 aromatic rings. The van der Waals surface area contributed by atoms with Crippen LogP contribution in [-0.4, -0.2) is 23.1 Å². The van der Waals surface area contributed by atoms with Gasteiger partial charge in [-0.15, -0.1) is 21.6 Å². The molecule has 0 spiro atoms. The number of thiazole rings is 1. The van der Waals surface area contributed by atoms with Crippen molar-refractivity contribution in [3.63, 3.8) is 0 Å². The largest absolute Gasteiger partial charge is 0.510 e. The lowest BCUT2D eigenvalue weighted by atomic mass is 10.2. The molecule has 148 valence electrons. The Morgan fingerprint density at radius 1 is 1.17 bits per heavy atom. The van der Waals surface area contributed by atoms with Crippen molar-refractivity contribution in [2.24, 2.45) is 10.2 Å². The first-order valence-electron chi connectivity index (χ1n) is 8.76. The molecule has 3 rings (SSSR count). The molecule has 1 amide bonds. The normalized spacial score (nSPS) is 12.0. The first kappa shape index (κ1) is 20.2. The third-order valence-corrected chi connectivity index (χ3v) is 4.80. The Balaban J connectivity index is 1.75. The predicted molar refractivity (Wildman–Crippen MR) is 114 cm³/mol. The van der Waals surface area contributed by atoms with Crippen LogP contribution in [0.2, 0.25) is 0 Å². The van der Waals surface area contributed by atoms with Crippen LogP contribution in [0.3, 0.4) is 0 Å². The maximum atomic E-state index is 12.6. The summed E-state index contributed by atoms with van der Waals surface area (Å²) in [5, 5.41) is 22.8. The summed E-state index contributed by atoms with van der Waals surface area (Å²) in [6, 6.07) is 14.8. The lowest BCUT2D eigenvalue weighted by Gasteiger charge is -2.03. The number of carbonyl (C=O) groups excluding carboxylic acids is 1. The lowest BCUT2D eigenvalue weighted by molar-refractivity contribution is -0.113. The van der Waals surface area contributed by atoms with Crippen molar-refractivity contribution in [1.29, 1.82) is 0 Å². The summed E-state index contributed by atoms with van der Waals surface area (Å²) in [6.45, 7) is 3.27. The fraction of sp³-hybridized carbons (Fsp3) is 0.143. The second-order valence-electron chi connectivity index (χ2n) is 6.14.